The first-order valence-electron chi connectivity index (χ1n) is 7.94. The molecule has 126 valence electrons. The van der Waals surface area contributed by atoms with Crippen molar-refractivity contribution in [2.75, 3.05) is 25.0 Å². The lowest BCUT2D eigenvalue weighted by molar-refractivity contribution is -0.117. The zero-order valence-corrected chi connectivity index (χ0v) is 14.0. The largest absolute Gasteiger partial charge is 0.476 e. The van der Waals surface area contributed by atoms with Gasteiger partial charge in [-0.25, -0.2) is 9.78 Å². The number of carbonyl (C=O) groups is 2. The highest BCUT2D eigenvalue weighted by Gasteiger charge is 2.17. The van der Waals surface area contributed by atoms with Gasteiger partial charge < -0.3 is 10.4 Å². The molecule has 6 nitrogen and oxygen atoms in total. The van der Waals surface area contributed by atoms with Crippen LogP contribution in [0.1, 0.15) is 29.8 Å². The summed E-state index contributed by atoms with van der Waals surface area (Å²) < 4.78 is 0. The molecule has 7 heteroatoms. The lowest BCUT2D eigenvalue weighted by Crippen LogP contribution is -2.36. The van der Waals surface area contributed by atoms with Crippen LogP contribution in [0.25, 0.3) is 10.6 Å². The number of benzene rings is 1. The first-order valence-corrected chi connectivity index (χ1v) is 8.82. The summed E-state index contributed by atoms with van der Waals surface area (Å²) >= 11 is 1.25. The first kappa shape index (κ1) is 16.6. The van der Waals surface area contributed by atoms with Crippen LogP contribution in [0.2, 0.25) is 0 Å². The van der Waals surface area contributed by atoms with Gasteiger partial charge in [-0.3, -0.25) is 9.69 Å². The summed E-state index contributed by atoms with van der Waals surface area (Å²) in [5, 5.41) is 14.0. The Kier molecular flexibility index (Phi) is 5.22. The van der Waals surface area contributed by atoms with Crippen molar-refractivity contribution in [2.45, 2.75) is 19.3 Å². The SMILES string of the molecule is O=C(CN1CCCCC1)Nc1ccccc1-c1nc(C(=O)O)cs1. The van der Waals surface area contributed by atoms with Crippen molar-refractivity contribution in [3.05, 3.63) is 35.3 Å². The number of thiazole rings is 1. The Morgan fingerprint density at radius 3 is 2.67 bits per heavy atom. The number of rotatable bonds is 5. The zero-order chi connectivity index (χ0) is 16.9. The minimum absolute atomic E-state index is 0.0180. The van der Waals surface area contributed by atoms with Gasteiger partial charge in [0.05, 0.1) is 12.2 Å². The number of anilines is 1. The lowest BCUT2D eigenvalue weighted by atomic mass is 10.1. The molecule has 0 spiro atoms. The number of piperidine rings is 1. The number of likely N-dealkylation sites (tertiary alicyclic amines) is 1. The number of nitrogens with zero attached hydrogens (tertiary/aromatic N) is 2. The van der Waals surface area contributed by atoms with Crippen LogP contribution in [0.3, 0.4) is 0 Å². The highest BCUT2D eigenvalue weighted by molar-refractivity contribution is 7.13. The van der Waals surface area contributed by atoms with Crippen molar-refractivity contribution in [3.63, 3.8) is 0 Å². The summed E-state index contributed by atoms with van der Waals surface area (Å²) in [6.45, 7) is 2.31. The molecule has 1 aliphatic heterocycles. The molecule has 1 aliphatic rings. The molecule has 0 radical (unpaired) electrons. The van der Waals surface area contributed by atoms with E-state index < -0.39 is 5.97 Å². The number of hydrogen-bond donors (Lipinski definition) is 2. The standard InChI is InChI=1S/C17H19N3O3S/c21-15(10-20-8-4-1-5-9-20)18-13-7-3-2-6-12(13)16-19-14(11-24-16)17(22)23/h2-3,6-7,11H,1,4-5,8-10H2,(H,18,21)(H,22,23). The van der Waals surface area contributed by atoms with E-state index in [2.05, 4.69) is 15.2 Å². The van der Waals surface area contributed by atoms with E-state index in [9.17, 15) is 9.59 Å². The molecular formula is C17H19N3O3S. The van der Waals surface area contributed by atoms with E-state index in [0.29, 0.717) is 17.2 Å². The average molecular weight is 345 g/mol. The molecule has 0 saturated carbocycles. The number of carbonyl (C=O) groups excluding carboxylic acids is 1. The Bertz CT molecular complexity index is 738. The molecule has 1 saturated heterocycles. The van der Waals surface area contributed by atoms with E-state index >= 15 is 0 Å². The van der Waals surface area contributed by atoms with Gasteiger partial charge >= 0.3 is 5.97 Å². The molecule has 1 aromatic carbocycles. The minimum Gasteiger partial charge on any atom is -0.476 e. The van der Waals surface area contributed by atoms with Crippen molar-refractivity contribution >= 4 is 28.9 Å². The van der Waals surface area contributed by atoms with Gasteiger partial charge in [-0.15, -0.1) is 11.3 Å². The normalized spacial score (nSPS) is 15.2. The van der Waals surface area contributed by atoms with E-state index in [1.807, 2.05) is 24.3 Å². The number of nitrogens with one attached hydrogen (secondary N) is 1. The third-order valence-corrected chi connectivity index (χ3v) is 4.85. The van der Waals surface area contributed by atoms with Gasteiger partial charge in [-0.05, 0) is 38.1 Å². The Hall–Kier alpha value is -2.25. The molecule has 2 aromatic rings. The molecule has 0 bridgehead atoms. The summed E-state index contributed by atoms with van der Waals surface area (Å²) in [5.41, 5.74) is 1.41. The fourth-order valence-corrected chi connectivity index (χ4v) is 3.62. The predicted molar refractivity (Wildman–Crippen MR) is 93.4 cm³/mol. The second-order valence-electron chi connectivity index (χ2n) is 5.77. The van der Waals surface area contributed by atoms with Crippen molar-refractivity contribution in [1.82, 2.24) is 9.88 Å². The number of aromatic carboxylic acids is 1. The van der Waals surface area contributed by atoms with E-state index in [1.165, 1.54) is 23.1 Å². The fraction of sp³-hybridized carbons (Fsp3) is 0.353. The van der Waals surface area contributed by atoms with Gasteiger partial charge in [0.2, 0.25) is 5.91 Å². The van der Waals surface area contributed by atoms with E-state index in [-0.39, 0.29) is 11.6 Å². The third kappa shape index (κ3) is 3.98. The Balaban J connectivity index is 1.73. The Morgan fingerprint density at radius 1 is 1.21 bits per heavy atom. The number of hydrogen-bond acceptors (Lipinski definition) is 5. The highest BCUT2D eigenvalue weighted by atomic mass is 32.1. The van der Waals surface area contributed by atoms with E-state index in [1.54, 1.807) is 0 Å². The van der Waals surface area contributed by atoms with Crippen molar-refractivity contribution in [1.29, 1.82) is 0 Å². The van der Waals surface area contributed by atoms with E-state index in [4.69, 9.17) is 5.11 Å². The second kappa shape index (κ2) is 7.55. The summed E-state index contributed by atoms with van der Waals surface area (Å²) in [7, 11) is 0. The summed E-state index contributed by atoms with van der Waals surface area (Å²) in [4.78, 5) is 29.6. The van der Waals surface area contributed by atoms with Crippen LogP contribution in [0.15, 0.2) is 29.6 Å². The maximum Gasteiger partial charge on any atom is 0.355 e. The fourth-order valence-electron chi connectivity index (χ4n) is 2.78. The third-order valence-electron chi connectivity index (χ3n) is 3.97. The molecule has 2 heterocycles. The zero-order valence-electron chi connectivity index (χ0n) is 13.2. The smallest absolute Gasteiger partial charge is 0.355 e. The first-order chi connectivity index (χ1) is 11.6. The summed E-state index contributed by atoms with van der Waals surface area (Å²) in [6.07, 6.45) is 3.51. The van der Waals surface area contributed by atoms with E-state index in [0.717, 1.165) is 31.5 Å². The van der Waals surface area contributed by atoms with Gasteiger partial charge in [-0.2, -0.15) is 0 Å². The van der Waals surface area contributed by atoms with Crippen LogP contribution in [-0.4, -0.2) is 46.5 Å². The van der Waals surface area contributed by atoms with Crippen LogP contribution in [0.4, 0.5) is 5.69 Å². The molecule has 1 fully saturated rings. The molecule has 24 heavy (non-hydrogen) atoms. The van der Waals surface area contributed by atoms with Gasteiger partial charge in [-0.1, -0.05) is 18.6 Å². The summed E-state index contributed by atoms with van der Waals surface area (Å²) in [5.74, 6) is -1.11. The van der Waals surface area contributed by atoms with Gasteiger partial charge in [0.15, 0.2) is 5.69 Å². The predicted octanol–water partition coefficient (Wildman–Crippen LogP) is 2.93. The quantitative estimate of drug-likeness (QED) is 0.871. The summed E-state index contributed by atoms with van der Waals surface area (Å²) in [6, 6.07) is 7.33. The molecular weight excluding hydrogens is 326 g/mol. The van der Waals surface area contributed by atoms with Gasteiger partial charge in [0.1, 0.15) is 5.01 Å². The number of carboxylic acids is 1. The molecule has 3 rings (SSSR count). The maximum absolute atomic E-state index is 12.3. The van der Waals surface area contributed by atoms with Crippen molar-refractivity contribution in [2.24, 2.45) is 0 Å². The van der Waals surface area contributed by atoms with Crippen molar-refractivity contribution < 1.29 is 14.7 Å². The lowest BCUT2D eigenvalue weighted by Gasteiger charge is -2.25. The van der Waals surface area contributed by atoms with Crippen LogP contribution in [0.5, 0.6) is 0 Å². The molecule has 0 aliphatic carbocycles. The Morgan fingerprint density at radius 2 is 1.96 bits per heavy atom. The van der Waals surface area contributed by atoms with Gasteiger partial charge in [0, 0.05) is 10.9 Å². The molecule has 0 atom stereocenters. The topological polar surface area (TPSA) is 82.5 Å². The second-order valence-corrected chi connectivity index (χ2v) is 6.63. The monoisotopic (exact) mass is 345 g/mol. The average Bonchev–Trinajstić information content (AvgIpc) is 3.06. The number of para-hydroxylation sites is 1. The minimum atomic E-state index is -1.05. The number of aromatic nitrogens is 1. The Labute approximate surface area is 144 Å². The molecule has 2 N–H and O–H groups in total. The maximum atomic E-state index is 12.3. The molecule has 1 amide bonds. The van der Waals surface area contributed by atoms with Gasteiger partial charge in [0.25, 0.3) is 0 Å². The van der Waals surface area contributed by atoms with Crippen LogP contribution < -0.4 is 5.32 Å². The molecule has 0 unspecified atom stereocenters. The van der Waals surface area contributed by atoms with Crippen LogP contribution in [-0.2, 0) is 4.79 Å². The molecule has 1 aromatic heterocycles. The van der Waals surface area contributed by atoms with Crippen LogP contribution >= 0.6 is 11.3 Å². The number of amides is 1. The van der Waals surface area contributed by atoms with Crippen molar-refractivity contribution in [3.8, 4) is 10.6 Å². The number of carboxylic acid groups (broad SMARTS) is 1. The highest BCUT2D eigenvalue weighted by Crippen LogP contribution is 2.30. The van der Waals surface area contributed by atoms with Crippen LogP contribution in [0, 0.1) is 0 Å².